The summed E-state index contributed by atoms with van der Waals surface area (Å²) in [4.78, 5) is 15.3. The molecule has 1 aromatic carbocycles. The van der Waals surface area contributed by atoms with Crippen molar-refractivity contribution in [2.45, 2.75) is 44.9 Å². The predicted octanol–water partition coefficient (Wildman–Crippen LogP) is 3.95. The topological polar surface area (TPSA) is 38.8 Å². The Bertz CT molecular complexity index is 810. The molecule has 4 heteroatoms. The van der Waals surface area contributed by atoms with Gasteiger partial charge in [-0.2, -0.15) is 0 Å². The summed E-state index contributed by atoms with van der Waals surface area (Å²) in [5, 5.41) is 0. The molecule has 0 unspecified atom stereocenters. The molecule has 3 aliphatic carbocycles. The second kappa shape index (κ2) is 6.91. The molecule has 28 heavy (non-hydrogen) atoms. The minimum Gasteiger partial charge on any atom is -0.497 e. The molecule has 4 atom stereocenters. The van der Waals surface area contributed by atoms with Gasteiger partial charge in [0.1, 0.15) is 5.75 Å². The number of rotatable bonds is 2. The summed E-state index contributed by atoms with van der Waals surface area (Å²) in [6.45, 7) is 5.18. The monoisotopic (exact) mass is 381 g/mol. The molecule has 0 radical (unpaired) electrons. The van der Waals surface area contributed by atoms with Crippen molar-refractivity contribution in [3.8, 4) is 5.75 Å². The fraction of sp³-hybridized carbons (Fsp3) is 0.625. The number of amides is 1. The molecule has 0 spiro atoms. The lowest BCUT2D eigenvalue weighted by Gasteiger charge is -2.50. The van der Waals surface area contributed by atoms with E-state index < -0.39 is 0 Å². The summed E-state index contributed by atoms with van der Waals surface area (Å²) in [5.74, 6) is 3.16. The maximum absolute atomic E-state index is 13.3. The summed E-state index contributed by atoms with van der Waals surface area (Å²) < 4.78 is 10.9. The van der Waals surface area contributed by atoms with Gasteiger partial charge in [0.05, 0.1) is 20.3 Å². The van der Waals surface area contributed by atoms with Crippen molar-refractivity contribution in [3.63, 3.8) is 0 Å². The Morgan fingerprint density at radius 3 is 2.86 bits per heavy atom. The molecule has 4 aliphatic rings. The number of carbonyl (C=O) groups excluding carboxylic acids is 1. The van der Waals surface area contributed by atoms with Gasteiger partial charge < -0.3 is 14.4 Å². The van der Waals surface area contributed by atoms with Gasteiger partial charge in [-0.1, -0.05) is 19.1 Å². The van der Waals surface area contributed by atoms with E-state index in [4.69, 9.17) is 9.47 Å². The number of hydrogen-bond acceptors (Lipinski definition) is 3. The van der Waals surface area contributed by atoms with Crippen LogP contribution in [0.1, 0.15) is 49.7 Å². The van der Waals surface area contributed by atoms with Crippen LogP contribution in [0.25, 0.3) is 0 Å². The maximum Gasteiger partial charge on any atom is 0.250 e. The minimum atomic E-state index is 0.0422. The lowest BCUT2D eigenvalue weighted by Crippen LogP contribution is -2.47. The van der Waals surface area contributed by atoms with E-state index in [-0.39, 0.29) is 11.3 Å². The Morgan fingerprint density at radius 2 is 2.07 bits per heavy atom. The summed E-state index contributed by atoms with van der Waals surface area (Å²) in [7, 11) is 1.75. The van der Waals surface area contributed by atoms with Crippen LogP contribution in [-0.4, -0.2) is 44.2 Å². The molecule has 0 bridgehead atoms. The van der Waals surface area contributed by atoms with Crippen LogP contribution in [-0.2, 0) is 16.0 Å². The number of morpholine rings is 1. The molecular formula is C24H31NO3. The van der Waals surface area contributed by atoms with Crippen molar-refractivity contribution in [2.24, 2.45) is 17.3 Å². The lowest BCUT2D eigenvalue weighted by molar-refractivity contribution is -0.133. The van der Waals surface area contributed by atoms with Crippen LogP contribution >= 0.6 is 0 Å². The molecule has 1 saturated carbocycles. The van der Waals surface area contributed by atoms with E-state index in [1.54, 1.807) is 7.11 Å². The van der Waals surface area contributed by atoms with Crippen LogP contribution < -0.4 is 4.74 Å². The molecule has 150 valence electrons. The summed E-state index contributed by atoms with van der Waals surface area (Å²) in [5.41, 5.74) is 4.14. The fourth-order valence-corrected chi connectivity index (χ4v) is 6.52. The zero-order valence-electron chi connectivity index (χ0n) is 17.1. The molecule has 1 aliphatic heterocycles. The highest BCUT2D eigenvalue weighted by atomic mass is 16.5. The van der Waals surface area contributed by atoms with Gasteiger partial charge in [-0.25, -0.2) is 0 Å². The van der Waals surface area contributed by atoms with Crippen LogP contribution in [0.4, 0.5) is 0 Å². The first-order valence-corrected chi connectivity index (χ1v) is 10.9. The largest absolute Gasteiger partial charge is 0.497 e. The molecule has 1 saturated heterocycles. The van der Waals surface area contributed by atoms with Gasteiger partial charge in [0.2, 0.25) is 5.91 Å². The van der Waals surface area contributed by atoms with Gasteiger partial charge in [-0.05, 0) is 73.1 Å². The third-order valence-electron chi connectivity index (χ3n) is 8.04. The van der Waals surface area contributed by atoms with E-state index in [0.717, 1.165) is 43.7 Å². The van der Waals surface area contributed by atoms with Crippen molar-refractivity contribution in [1.82, 2.24) is 4.90 Å². The van der Waals surface area contributed by atoms with Crippen LogP contribution in [0.3, 0.4) is 0 Å². The standard InChI is InChI=1S/C24H31NO3/c1-24-10-9-19-18-6-4-17(27-2)15-16(18)3-5-20(19)21(24)7-8-22(24)23(26)25-11-13-28-14-12-25/h4,6,8,15,19-21H,3,5,7,9-14H2,1-2H3/t19-,20-,21+,24-/m1/s1. The van der Waals surface area contributed by atoms with Gasteiger partial charge in [0.15, 0.2) is 0 Å². The van der Waals surface area contributed by atoms with E-state index in [2.05, 4.69) is 31.2 Å². The van der Waals surface area contributed by atoms with Crippen LogP contribution in [0.15, 0.2) is 29.8 Å². The van der Waals surface area contributed by atoms with Crippen molar-refractivity contribution in [1.29, 1.82) is 0 Å². The van der Waals surface area contributed by atoms with Crippen LogP contribution in [0.2, 0.25) is 0 Å². The molecule has 2 fully saturated rings. The molecular weight excluding hydrogens is 350 g/mol. The number of fused-ring (bicyclic) bond motifs is 5. The van der Waals surface area contributed by atoms with E-state index in [9.17, 15) is 4.79 Å². The van der Waals surface area contributed by atoms with E-state index in [0.29, 0.717) is 31.0 Å². The normalized spacial score (nSPS) is 34.1. The highest BCUT2D eigenvalue weighted by molar-refractivity contribution is 5.95. The molecule has 1 aromatic rings. The first-order chi connectivity index (χ1) is 13.6. The smallest absolute Gasteiger partial charge is 0.250 e. The third-order valence-corrected chi connectivity index (χ3v) is 8.04. The zero-order valence-corrected chi connectivity index (χ0v) is 17.1. The summed E-state index contributed by atoms with van der Waals surface area (Å²) in [6, 6.07) is 6.66. The second-order valence-corrected chi connectivity index (χ2v) is 9.19. The van der Waals surface area contributed by atoms with E-state index >= 15 is 0 Å². The van der Waals surface area contributed by atoms with E-state index in [1.807, 2.05) is 4.90 Å². The lowest BCUT2D eigenvalue weighted by atomic mass is 9.54. The fourth-order valence-electron chi connectivity index (χ4n) is 6.52. The highest BCUT2D eigenvalue weighted by Crippen LogP contribution is 2.61. The van der Waals surface area contributed by atoms with Crippen LogP contribution in [0, 0.1) is 17.3 Å². The zero-order chi connectivity index (χ0) is 19.3. The third kappa shape index (κ3) is 2.72. The average Bonchev–Trinajstić information content (AvgIpc) is 3.10. The van der Waals surface area contributed by atoms with E-state index in [1.165, 1.54) is 24.0 Å². The Balaban J connectivity index is 1.39. The van der Waals surface area contributed by atoms with Crippen molar-refractivity contribution < 1.29 is 14.3 Å². The Labute approximate surface area is 167 Å². The van der Waals surface area contributed by atoms with Gasteiger partial charge in [-0.3, -0.25) is 4.79 Å². The van der Waals surface area contributed by atoms with Crippen LogP contribution in [0.5, 0.6) is 5.75 Å². The van der Waals surface area contributed by atoms with Gasteiger partial charge in [-0.15, -0.1) is 0 Å². The number of methoxy groups -OCH3 is 1. The number of aryl methyl sites for hydroxylation is 1. The molecule has 1 heterocycles. The predicted molar refractivity (Wildman–Crippen MR) is 108 cm³/mol. The van der Waals surface area contributed by atoms with Crippen molar-refractivity contribution >= 4 is 5.91 Å². The van der Waals surface area contributed by atoms with Gasteiger partial charge in [0.25, 0.3) is 0 Å². The number of allylic oxidation sites excluding steroid dienone is 1. The maximum atomic E-state index is 13.3. The molecule has 1 amide bonds. The molecule has 0 N–H and O–H groups in total. The number of carbonyl (C=O) groups is 1. The van der Waals surface area contributed by atoms with Gasteiger partial charge in [0, 0.05) is 24.1 Å². The first kappa shape index (κ1) is 18.2. The molecule has 5 rings (SSSR count). The van der Waals surface area contributed by atoms with Crippen molar-refractivity contribution in [2.75, 3.05) is 33.4 Å². The number of hydrogen-bond donors (Lipinski definition) is 0. The first-order valence-electron chi connectivity index (χ1n) is 10.9. The molecule has 0 aromatic heterocycles. The Kier molecular flexibility index (Phi) is 4.50. The average molecular weight is 382 g/mol. The minimum absolute atomic E-state index is 0.0422. The Morgan fingerprint density at radius 1 is 1.25 bits per heavy atom. The molecule has 4 nitrogen and oxygen atoms in total. The summed E-state index contributed by atoms with van der Waals surface area (Å²) >= 11 is 0. The number of benzene rings is 1. The Hall–Kier alpha value is -1.81. The summed E-state index contributed by atoms with van der Waals surface area (Å²) in [6.07, 6.45) is 8.02. The number of nitrogens with zero attached hydrogens (tertiary/aromatic N) is 1. The SMILES string of the molecule is COc1ccc2c(c1)CC[C@@H]1[C@@H]2CC[C@@]2(C)C(C(=O)N3CCOCC3)=CC[C@@H]12. The van der Waals surface area contributed by atoms with Crippen molar-refractivity contribution in [3.05, 3.63) is 41.0 Å². The second-order valence-electron chi connectivity index (χ2n) is 9.19. The van der Waals surface area contributed by atoms with Gasteiger partial charge >= 0.3 is 0 Å². The highest BCUT2D eigenvalue weighted by Gasteiger charge is 2.53. The number of ether oxygens (including phenoxy) is 2. The quantitative estimate of drug-likeness (QED) is 0.779.